The number of fused-ring (bicyclic) bond motifs is 1. The fourth-order valence-corrected chi connectivity index (χ4v) is 4.13. The van der Waals surface area contributed by atoms with Gasteiger partial charge in [0.1, 0.15) is 0 Å². The molecule has 5 rings (SSSR count). The van der Waals surface area contributed by atoms with Gasteiger partial charge in [0, 0.05) is 29.7 Å². The summed E-state index contributed by atoms with van der Waals surface area (Å²) in [6.07, 6.45) is 3.44. The number of aryl methyl sites for hydroxylation is 1. The Hall–Kier alpha value is -3.85. The molecular weight excluding hydrogens is 426 g/mol. The number of nitrogens with one attached hydrogen (secondary N) is 1. The molecule has 0 saturated carbocycles. The third-order valence-electron chi connectivity index (χ3n) is 4.92. The van der Waals surface area contributed by atoms with Gasteiger partial charge in [0.15, 0.2) is 22.5 Å². The van der Waals surface area contributed by atoms with E-state index >= 15 is 0 Å². The Labute approximate surface area is 188 Å². The topological polar surface area (TPSA) is 91.2 Å². The van der Waals surface area contributed by atoms with E-state index in [2.05, 4.69) is 20.5 Å². The summed E-state index contributed by atoms with van der Waals surface area (Å²) in [6, 6.07) is 17.1. The van der Waals surface area contributed by atoms with Gasteiger partial charge in [0.05, 0.1) is 11.4 Å². The van der Waals surface area contributed by atoms with Crippen molar-refractivity contribution >= 4 is 23.4 Å². The number of hydrogen-bond acceptors (Lipinski definition) is 7. The van der Waals surface area contributed by atoms with Crippen molar-refractivity contribution in [2.24, 2.45) is 0 Å². The number of carbonyl (C=O) groups excluding carboxylic acids is 1. The van der Waals surface area contributed by atoms with Gasteiger partial charge in [-0.1, -0.05) is 30.0 Å². The molecule has 0 atom stereocenters. The third kappa shape index (κ3) is 4.02. The van der Waals surface area contributed by atoms with Crippen LogP contribution in [0.2, 0.25) is 0 Å². The molecule has 1 aliphatic rings. The number of pyridine rings is 1. The zero-order valence-electron chi connectivity index (χ0n) is 17.2. The number of carbonyl (C=O) groups is 1. The molecule has 2 aromatic carbocycles. The van der Waals surface area contributed by atoms with Crippen LogP contribution in [-0.2, 0) is 4.79 Å². The summed E-state index contributed by atoms with van der Waals surface area (Å²) in [7, 11) is 0. The zero-order chi connectivity index (χ0) is 21.9. The molecule has 1 N–H and O–H groups in total. The minimum atomic E-state index is -0.154. The van der Waals surface area contributed by atoms with E-state index in [9.17, 15) is 4.79 Å². The molecule has 3 heterocycles. The maximum Gasteiger partial charge on any atom is 0.234 e. The normalized spacial score (nSPS) is 12.0. The molecule has 2 aromatic heterocycles. The van der Waals surface area contributed by atoms with Crippen molar-refractivity contribution in [3.63, 3.8) is 0 Å². The summed E-state index contributed by atoms with van der Waals surface area (Å²) in [5.41, 5.74) is 3.59. The fourth-order valence-electron chi connectivity index (χ4n) is 3.38. The molecular formula is C23H19N5O3S. The number of thioether (sulfide) groups is 1. The molecule has 0 fully saturated rings. The van der Waals surface area contributed by atoms with Gasteiger partial charge in [-0.15, -0.1) is 10.2 Å². The van der Waals surface area contributed by atoms with Crippen LogP contribution < -0.4 is 14.8 Å². The van der Waals surface area contributed by atoms with Crippen molar-refractivity contribution in [1.29, 1.82) is 0 Å². The predicted molar refractivity (Wildman–Crippen MR) is 121 cm³/mol. The summed E-state index contributed by atoms with van der Waals surface area (Å²) in [5, 5.41) is 12.3. The van der Waals surface area contributed by atoms with Gasteiger partial charge >= 0.3 is 0 Å². The number of ether oxygens (including phenoxy) is 2. The standard InChI is InChI=1S/C23H19N5O3S/c1-15-4-2-3-5-18(15)28-22(16-8-10-24-11-9-16)26-27-23(28)32-13-21(29)25-17-6-7-19-20(12-17)31-14-30-19/h2-12H,13-14H2,1H3,(H,25,29). The second kappa shape index (κ2) is 8.72. The second-order valence-corrected chi connectivity index (χ2v) is 8.01. The van der Waals surface area contributed by atoms with Crippen LogP contribution in [0, 0.1) is 6.92 Å². The average molecular weight is 446 g/mol. The number of anilines is 1. The number of hydrogen-bond donors (Lipinski definition) is 1. The number of rotatable bonds is 6. The van der Waals surface area contributed by atoms with Crippen molar-refractivity contribution in [3.05, 3.63) is 72.6 Å². The largest absolute Gasteiger partial charge is 0.454 e. The molecule has 0 saturated heterocycles. The van der Waals surface area contributed by atoms with Gasteiger partial charge < -0.3 is 14.8 Å². The first-order chi connectivity index (χ1) is 15.7. The van der Waals surface area contributed by atoms with Crippen LogP contribution in [0.1, 0.15) is 5.56 Å². The van der Waals surface area contributed by atoms with Crippen LogP contribution in [0.4, 0.5) is 5.69 Å². The highest BCUT2D eigenvalue weighted by atomic mass is 32.2. The first kappa shape index (κ1) is 20.1. The van der Waals surface area contributed by atoms with Crippen molar-refractivity contribution in [2.45, 2.75) is 12.1 Å². The maximum absolute atomic E-state index is 12.6. The Morgan fingerprint density at radius 3 is 2.72 bits per heavy atom. The van der Waals surface area contributed by atoms with Gasteiger partial charge in [-0.2, -0.15) is 0 Å². The van der Waals surface area contributed by atoms with Gasteiger partial charge in [0.2, 0.25) is 12.7 Å². The van der Waals surface area contributed by atoms with E-state index in [4.69, 9.17) is 9.47 Å². The van der Waals surface area contributed by atoms with E-state index in [1.54, 1.807) is 30.6 Å². The molecule has 0 unspecified atom stereocenters. The molecule has 160 valence electrons. The highest BCUT2D eigenvalue weighted by Gasteiger charge is 2.19. The van der Waals surface area contributed by atoms with Gasteiger partial charge in [-0.25, -0.2) is 0 Å². The molecule has 1 aliphatic heterocycles. The van der Waals surface area contributed by atoms with Crippen LogP contribution in [0.15, 0.2) is 72.1 Å². The quantitative estimate of drug-likeness (QED) is 0.447. The zero-order valence-corrected chi connectivity index (χ0v) is 18.0. The monoisotopic (exact) mass is 445 g/mol. The first-order valence-electron chi connectivity index (χ1n) is 9.93. The number of nitrogens with zero attached hydrogens (tertiary/aromatic N) is 4. The second-order valence-electron chi connectivity index (χ2n) is 7.07. The van der Waals surface area contributed by atoms with E-state index in [1.807, 2.05) is 47.9 Å². The lowest BCUT2D eigenvalue weighted by molar-refractivity contribution is -0.113. The molecule has 0 spiro atoms. The van der Waals surface area contributed by atoms with E-state index in [-0.39, 0.29) is 18.5 Å². The number of amides is 1. The molecule has 1 amide bonds. The Balaban J connectivity index is 1.38. The number of para-hydroxylation sites is 1. The summed E-state index contributed by atoms with van der Waals surface area (Å²) >= 11 is 1.32. The van der Waals surface area contributed by atoms with Crippen LogP contribution in [0.3, 0.4) is 0 Å². The Morgan fingerprint density at radius 2 is 1.88 bits per heavy atom. The van der Waals surface area contributed by atoms with Crippen LogP contribution in [0.25, 0.3) is 17.1 Å². The van der Waals surface area contributed by atoms with Crippen molar-refractivity contribution in [2.75, 3.05) is 17.9 Å². The summed E-state index contributed by atoms with van der Waals surface area (Å²) < 4.78 is 12.6. The predicted octanol–water partition coefficient (Wildman–Crippen LogP) is 4.10. The van der Waals surface area contributed by atoms with E-state index in [0.717, 1.165) is 16.8 Å². The van der Waals surface area contributed by atoms with Gasteiger partial charge in [0.25, 0.3) is 0 Å². The van der Waals surface area contributed by atoms with E-state index < -0.39 is 0 Å². The van der Waals surface area contributed by atoms with Crippen LogP contribution >= 0.6 is 11.8 Å². The van der Waals surface area contributed by atoms with Gasteiger partial charge in [-0.3, -0.25) is 14.3 Å². The summed E-state index contributed by atoms with van der Waals surface area (Å²) in [5.74, 6) is 2.01. The van der Waals surface area contributed by atoms with Crippen molar-refractivity contribution < 1.29 is 14.3 Å². The SMILES string of the molecule is Cc1ccccc1-n1c(SCC(=O)Nc2ccc3c(c2)OCO3)nnc1-c1ccncc1. The van der Waals surface area contributed by atoms with Crippen molar-refractivity contribution in [1.82, 2.24) is 19.7 Å². The number of aromatic nitrogens is 4. The fraction of sp³-hybridized carbons (Fsp3) is 0.130. The smallest absolute Gasteiger partial charge is 0.234 e. The minimum absolute atomic E-state index is 0.154. The summed E-state index contributed by atoms with van der Waals surface area (Å²) in [4.78, 5) is 16.7. The van der Waals surface area contributed by atoms with Gasteiger partial charge in [-0.05, 0) is 42.8 Å². The average Bonchev–Trinajstić information content (AvgIpc) is 3.45. The van der Waals surface area contributed by atoms with E-state index in [1.165, 1.54) is 11.8 Å². The molecule has 4 aromatic rings. The van der Waals surface area contributed by atoms with Crippen LogP contribution in [0.5, 0.6) is 11.5 Å². The molecule has 0 radical (unpaired) electrons. The Bertz CT molecular complexity index is 1280. The molecule has 0 aliphatic carbocycles. The lowest BCUT2D eigenvalue weighted by atomic mass is 10.2. The lowest BCUT2D eigenvalue weighted by Gasteiger charge is -2.13. The third-order valence-corrected chi connectivity index (χ3v) is 5.85. The molecule has 0 bridgehead atoms. The minimum Gasteiger partial charge on any atom is -0.454 e. The van der Waals surface area contributed by atoms with Crippen LogP contribution in [-0.4, -0.2) is 38.2 Å². The Kier molecular flexibility index (Phi) is 5.47. The van der Waals surface area contributed by atoms with Crippen molar-refractivity contribution in [3.8, 4) is 28.6 Å². The molecule has 32 heavy (non-hydrogen) atoms. The van der Waals surface area contributed by atoms with E-state index in [0.29, 0.717) is 28.2 Å². The lowest BCUT2D eigenvalue weighted by Crippen LogP contribution is -2.14. The highest BCUT2D eigenvalue weighted by Crippen LogP contribution is 2.34. The summed E-state index contributed by atoms with van der Waals surface area (Å²) in [6.45, 7) is 2.23. The number of benzene rings is 2. The maximum atomic E-state index is 12.6. The first-order valence-corrected chi connectivity index (χ1v) is 10.9. The molecule has 8 nitrogen and oxygen atoms in total. The molecule has 9 heteroatoms. The highest BCUT2D eigenvalue weighted by molar-refractivity contribution is 7.99. The Morgan fingerprint density at radius 1 is 1.06 bits per heavy atom.